The van der Waals surface area contributed by atoms with Crippen molar-refractivity contribution in [2.24, 2.45) is 0 Å². The molecule has 0 bridgehead atoms. The largest absolute Gasteiger partial charge is 0.481 e. The lowest BCUT2D eigenvalue weighted by Crippen LogP contribution is -2.14. The second-order valence-electron chi connectivity index (χ2n) is 9.12. The van der Waals surface area contributed by atoms with Crippen LogP contribution in [0.1, 0.15) is 45.1 Å². The molecule has 1 atom stereocenters. The number of methoxy groups -OCH3 is 2. The Kier molecular flexibility index (Phi) is 7.37. The number of alkyl halides is 3. The summed E-state index contributed by atoms with van der Waals surface area (Å²) in [5.74, 6) is -0.424. The molecular weight excluding hydrogens is 547 g/mol. The molecule has 206 valence electrons. The Bertz CT molecular complexity index is 1610. The number of hydrogen-bond donors (Lipinski definition) is 0. The number of carbonyl (C=O) groups is 1. The predicted octanol–water partition coefficient (Wildman–Crippen LogP) is 7.08. The highest BCUT2D eigenvalue weighted by molar-refractivity contribution is 6.35. The molecule has 3 heterocycles. The van der Waals surface area contributed by atoms with Gasteiger partial charge in [0.15, 0.2) is 6.29 Å². The van der Waals surface area contributed by atoms with Gasteiger partial charge in [-0.05, 0) is 49.1 Å². The third-order valence-electron chi connectivity index (χ3n) is 6.74. The molecule has 4 aromatic rings. The third-order valence-corrected chi connectivity index (χ3v) is 7.12. The van der Waals surface area contributed by atoms with Crippen LogP contribution in [-0.4, -0.2) is 35.5 Å². The van der Waals surface area contributed by atoms with Gasteiger partial charge in [-0.25, -0.2) is 4.98 Å². The Morgan fingerprint density at radius 2 is 1.77 bits per heavy atom. The molecule has 1 aliphatic rings. The second kappa shape index (κ2) is 10.8. The van der Waals surface area contributed by atoms with Crippen molar-refractivity contribution in [3.8, 4) is 40.2 Å². The lowest BCUT2D eigenvalue weighted by Gasteiger charge is -2.19. The Morgan fingerprint density at radius 1 is 1.00 bits per heavy atom. The maximum Gasteiger partial charge on any atom is 0.421 e. The lowest BCUT2D eigenvalue weighted by atomic mass is 9.98. The number of carbonyl (C=O) groups excluding carboxylic acids is 1. The zero-order valence-electron chi connectivity index (χ0n) is 21.7. The van der Waals surface area contributed by atoms with Gasteiger partial charge < -0.3 is 14.2 Å². The number of hydrogen-bond acceptors (Lipinski definition) is 7. The van der Waals surface area contributed by atoms with Crippen LogP contribution in [0, 0.1) is 6.92 Å². The van der Waals surface area contributed by atoms with Crippen LogP contribution in [-0.2, 0) is 12.6 Å². The fraction of sp³-hybridized carbons (Fsp3) is 0.241. The minimum atomic E-state index is -4.79. The van der Waals surface area contributed by atoms with Gasteiger partial charge in [-0.15, -0.1) is 0 Å². The van der Waals surface area contributed by atoms with Crippen molar-refractivity contribution in [3.63, 3.8) is 0 Å². The number of aryl methyl sites for hydroxylation is 1. The number of benzene rings is 1. The molecule has 0 fully saturated rings. The molecule has 0 saturated carbocycles. The Hall–Kier alpha value is -4.18. The summed E-state index contributed by atoms with van der Waals surface area (Å²) < 4.78 is 57.7. The molecular formula is C29H23ClF3N3O4. The molecule has 5 rings (SSSR count). The SMILES string of the molecule is COc1nc(-c2ccnc(-c3cccc4c3CC[C@@H]4Oc3nc(OC)c(C=O)cc3C(F)(F)F)c2Cl)ccc1C. The molecule has 0 N–H and O–H groups in total. The molecule has 40 heavy (non-hydrogen) atoms. The Labute approximate surface area is 232 Å². The molecule has 11 heteroatoms. The summed E-state index contributed by atoms with van der Waals surface area (Å²) in [5, 5.41) is 0.383. The van der Waals surface area contributed by atoms with Crippen LogP contribution in [0.25, 0.3) is 22.5 Å². The first-order valence-electron chi connectivity index (χ1n) is 12.2. The lowest BCUT2D eigenvalue weighted by molar-refractivity contribution is -0.139. The Morgan fingerprint density at radius 3 is 2.48 bits per heavy atom. The number of aromatic nitrogens is 3. The first-order valence-corrected chi connectivity index (χ1v) is 12.6. The number of fused-ring (bicyclic) bond motifs is 1. The normalized spacial score (nSPS) is 14.5. The molecule has 0 saturated heterocycles. The fourth-order valence-corrected chi connectivity index (χ4v) is 5.14. The standard InChI is InChI=1S/C29H23ClF3N3O4/c1-15-7-9-22(35-26(15)38-2)20-11-12-34-25(24(20)30)19-6-4-5-18-17(19)8-10-23(18)40-28-21(29(31,32)33)13-16(14-37)27(36-28)39-3/h4-7,9,11-14,23H,8,10H2,1-3H3/t23-/m0/s1. The van der Waals surface area contributed by atoms with E-state index in [1.165, 1.54) is 7.11 Å². The summed E-state index contributed by atoms with van der Waals surface area (Å²) in [5.41, 5.74) is 3.50. The quantitative estimate of drug-likeness (QED) is 0.220. The van der Waals surface area contributed by atoms with Gasteiger partial charge in [0.05, 0.1) is 36.2 Å². The summed E-state index contributed by atoms with van der Waals surface area (Å²) in [4.78, 5) is 24.3. The topological polar surface area (TPSA) is 83.4 Å². The summed E-state index contributed by atoms with van der Waals surface area (Å²) in [6.45, 7) is 1.89. The predicted molar refractivity (Wildman–Crippen MR) is 142 cm³/mol. The monoisotopic (exact) mass is 569 g/mol. The van der Waals surface area contributed by atoms with Gasteiger partial charge >= 0.3 is 6.18 Å². The van der Waals surface area contributed by atoms with E-state index in [9.17, 15) is 18.0 Å². The average Bonchev–Trinajstić information content (AvgIpc) is 3.35. The van der Waals surface area contributed by atoms with Gasteiger partial charge in [-0.2, -0.15) is 18.2 Å². The van der Waals surface area contributed by atoms with Gasteiger partial charge in [0, 0.05) is 22.9 Å². The highest BCUT2D eigenvalue weighted by atomic mass is 35.5. The number of pyridine rings is 3. The van der Waals surface area contributed by atoms with Crippen molar-refractivity contribution >= 4 is 17.9 Å². The molecule has 7 nitrogen and oxygen atoms in total. The third kappa shape index (κ3) is 4.95. The van der Waals surface area contributed by atoms with Crippen LogP contribution >= 0.6 is 11.6 Å². The summed E-state index contributed by atoms with van der Waals surface area (Å²) in [7, 11) is 2.76. The highest BCUT2D eigenvalue weighted by Gasteiger charge is 2.38. The zero-order chi connectivity index (χ0) is 28.6. The minimum Gasteiger partial charge on any atom is -0.481 e. The van der Waals surface area contributed by atoms with E-state index in [0.717, 1.165) is 16.7 Å². The second-order valence-corrected chi connectivity index (χ2v) is 9.50. The van der Waals surface area contributed by atoms with E-state index < -0.39 is 23.7 Å². The molecule has 1 aromatic carbocycles. The van der Waals surface area contributed by atoms with Gasteiger partial charge in [0.2, 0.25) is 17.6 Å². The van der Waals surface area contributed by atoms with Gasteiger partial charge in [-0.3, -0.25) is 9.78 Å². The van der Waals surface area contributed by atoms with Crippen molar-refractivity contribution in [2.45, 2.75) is 32.0 Å². The van der Waals surface area contributed by atoms with Crippen LogP contribution in [0.5, 0.6) is 17.6 Å². The van der Waals surface area contributed by atoms with Gasteiger partial charge in [0.1, 0.15) is 11.7 Å². The summed E-state index contributed by atoms with van der Waals surface area (Å²) in [6, 6.07) is 11.6. The highest BCUT2D eigenvalue weighted by Crippen LogP contribution is 2.45. The number of halogens is 4. The average molecular weight is 570 g/mol. The van der Waals surface area contributed by atoms with Gasteiger partial charge in [-0.1, -0.05) is 35.9 Å². The van der Waals surface area contributed by atoms with E-state index in [1.54, 1.807) is 31.5 Å². The van der Waals surface area contributed by atoms with E-state index in [0.29, 0.717) is 52.3 Å². The van der Waals surface area contributed by atoms with Crippen LogP contribution in [0.4, 0.5) is 13.2 Å². The first kappa shape index (κ1) is 27.4. The first-order chi connectivity index (χ1) is 19.2. The zero-order valence-corrected chi connectivity index (χ0v) is 22.4. The Balaban J connectivity index is 1.54. The van der Waals surface area contributed by atoms with Crippen molar-refractivity contribution in [1.82, 2.24) is 15.0 Å². The van der Waals surface area contributed by atoms with Crippen molar-refractivity contribution in [2.75, 3.05) is 14.2 Å². The molecule has 0 unspecified atom stereocenters. The van der Waals surface area contributed by atoms with E-state index in [1.807, 2.05) is 25.1 Å². The molecule has 0 amide bonds. The fourth-order valence-electron chi connectivity index (χ4n) is 4.83. The van der Waals surface area contributed by atoms with Crippen LogP contribution in [0.15, 0.2) is 48.7 Å². The molecule has 1 aliphatic carbocycles. The number of ether oxygens (including phenoxy) is 3. The van der Waals surface area contributed by atoms with Crippen LogP contribution in [0.2, 0.25) is 5.02 Å². The summed E-state index contributed by atoms with van der Waals surface area (Å²) in [6.07, 6.45) is -2.71. The maximum absolute atomic E-state index is 13.8. The van der Waals surface area contributed by atoms with Crippen molar-refractivity contribution in [3.05, 3.63) is 81.5 Å². The van der Waals surface area contributed by atoms with E-state index in [4.69, 9.17) is 25.8 Å². The number of nitrogens with zero attached hydrogens (tertiary/aromatic N) is 3. The molecule has 0 radical (unpaired) electrons. The van der Waals surface area contributed by atoms with Crippen molar-refractivity contribution < 1.29 is 32.2 Å². The van der Waals surface area contributed by atoms with E-state index in [-0.39, 0.29) is 17.7 Å². The number of aldehydes is 1. The summed E-state index contributed by atoms with van der Waals surface area (Å²) >= 11 is 6.86. The minimum absolute atomic E-state index is 0.251. The number of rotatable bonds is 7. The van der Waals surface area contributed by atoms with Gasteiger partial charge in [0.25, 0.3) is 0 Å². The molecule has 0 spiro atoms. The van der Waals surface area contributed by atoms with Crippen LogP contribution < -0.4 is 14.2 Å². The molecule has 3 aromatic heterocycles. The van der Waals surface area contributed by atoms with E-state index >= 15 is 0 Å². The molecule has 0 aliphatic heterocycles. The van der Waals surface area contributed by atoms with Crippen molar-refractivity contribution in [1.29, 1.82) is 0 Å². The smallest absolute Gasteiger partial charge is 0.421 e. The van der Waals surface area contributed by atoms with Crippen LogP contribution in [0.3, 0.4) is 0 Å². The van der Waals surface area contributed by atoms with E-state index in [2.05, 4.69) is 15.0 Å². The maximum atomic E-state index is 13.8.